The van der Waals surface area contributed by atoms with Crippen molar-refractivity contribution in [1.29, 1.82) is 0 Å². The monoisotopic (exact) mass is 403 g/mol. The topological polar surface area (TPSA) is 68.4 Å². The summed E-state index contributed by atoms with van der Waals surface area (Å²) in [5.41, 5.74) is 2.64. The van der Waals surface area contributed by atoms with Crippen molar-refractivity contribution in [3.05, 3.63) is 71.9 Å². The zero-order valence-corrected chi connectivity index (χ0v) is 17.3. The van der Waals surface area contributed by atoms with Gasteiger partial charge in [-0.3, -0.25) is 9.59 Å². The summed E-state index contributed by atoms with van der Waals surface area (Å²) in [4.78, 5) is 27.4. The van der Waals surface area contributed by atoms with Crippen molar-refractivity contribution in [3.8, 4) is 11.5 Å². The van der Waals surface area contributed by atoms with Crippen LogP contribution in [0.4, 0.5) is 0 Å². The highest BCUT2D eigenvalue weighted by Crippen LogP contribution is 2.26. The van der Waals surface area contributed by atoms with E-state index in [0.29, 0.717) is 11.5 Å². The summed E-state index contributed by atoms with van der Waals surface area (Å²) in [6, 6.07) is 13.3. The van der Waals surface area contributed by atoms with Crippen molar-refractivity contribution >= 4 is 34.6 Å². The van der Waals surface area contributed by atoms with E-state index < -0.39 is 0 Å². The Morgan fingerprint density at radius 3 is 2.50 bits per heavy atom. The Balaban J connectivity index is 1.60. The van der Waals surface area contributed by atoms with Gasteiger partial charge < -0.3 is 14.5 Å². The van der Waals surface area contributed by atoms with E-state index in [0.717, 1.165) is 22.0 Å². The second-order valence-corrected chi connectivity index (χ2v) is 7.17. The second-order valence-electron chi connectivity index (χ2n) is 7.17. The van der Waals surface area contributed by atoms with Crippen LogP contribution in [0.3, 0.4) is 0 Å². The van der Waals surface area contributed by atoms with Crippen molar-refractivity contribution < 1.29 is 19.1 Å². The Morgan fingerprint density at radius 2 is 1.77 bits per heavy atom. The summed E-state index contributed by atoms with van der Waals surface area (Å²) in [5, 5.41) is 1.11. The first-order chi connectivity index (χ1) is 14.4. The van der Waals surface area contributed by atoms with Crippen molar-refractivity contribution in [1.82, 2.24) is 4.98 Å². The molecule has 0 spiro atoms. The molecule has 0 aliphatic carbocycles. The zero-order chi connectivity index (χ0) is 21.5. The number of ether oxygens (including phenoxy) is 2. The molecule has 0 bridgehead atoms. The number of benzene rings is 2. The SMILES string of the molecule is COc1cc(OC(C)C)ccc1C=CC(=O)CC(=O)C=Cc1ccc2cc[nH]c2c1. The number of methoxy groups -OCH3 is 1. The molecule has 5 heteroatoms. The standard InChI is InChI=1S/C25H25NO4/c1-17(2)30-23-11-8-20(25(16-23)29-3)7-10-22(28)15-21(27)9-5-18-4-6-19-12-13-26-24(19)14-18/h4-14,16-17,26H,15H2,1-3H3. The normalized spacial score (nSPS) is 11.6. The van der Waals surface area contributed by atoms with E-state index in [4.69, 9.17) is 9.47 Å². The molecule has 0 aliphatic rings. The van der Waals surface area contributed by atoms with Crippen LogP contribution in [0.25, 0.3) is 23.1 Å². The van der Waals surface area contributed by atoms with Crippen LogP contribution in [-0.4, -0.2) is 29.8 Å². The van der Waals surface area contributed by atoms with E-state index in [-0.39, 0.29) is 24.1 Å². The number of rotatable bonds is 9. The number of carbonyl (C=O) groups is 2. The van der Waals surface area contributed by atoms with Gasteiger partial charge in [-0.05, 0) is 67.3 Å². The molecule has 154 valence electrons. The number of H-pyrrole nitrogens is 1. The van der Waals surface area contributed by atoms with Crippen LogP contribution in [0.5, 0.6) is 11.5 Å². The van der Waals surface area contributed by atoms with Gasteiger partial charge >= 0.3 is 0 Å². The minimum atomic E-state index is -0.269. The molecule has 3 rings (SSSR count). The molecule has 30 heavy (non-hydrogen) atoms. The van der Waals surface area contributed by atoms with Crippen LogP contribution in [0, 0.1) is 0 Å². The van der Waals surface area contributed by atoms with E-state index in [1.807, 2.05) is 56.4 Å². The molecule has 1 N–H and O–H groups in total. The van der Waals surface area contributed by atoms with Gasteiger partial charge in [0.2, 0.25) is 0 Å². The van der Waals surface area contributed by atoms with Gasteiger partial charge in [0.05, 0.1) is 19.6 Å². The van der Waals surface area contributed by atoms with Gasteiger partial charge in [0.1, 0.15) is 11.5 Å². The van der Waals surface area contributed by atoms with E-state index >= 15 is 0 Å². The van der Waals surface area contributed by atoms with Crippen LogP contribution < -0.4 is 9.47 Å². The fourth-order valence-electron chi connectivity index (χ4n) is 3.01. The fourth-order valence-corrected chi connectivity index (χ4v) is 3.01. The number of aromatic amines is 1. The largest absolute Gasteiger partial charge is 0.496 e. The Hall–Kier alpha value is -3.60. The Kier molecular flexibility index (Phi) is 6.86. The van der Waals surface area contributed by atoms with E-state index in [9.17, 15) is 9.59 Å². The molecular weight excluding hydrogens is 378 g/mol. The Labute approximate surface area is 176 Å². The average molecular weight is 403 g/mol. The molecule has 0 radical (unpaired) electrons. The third kappa shape index (κ3) is 5.70. The Bertz CT molecular complexity index is 1110. The van der Waals surface area contributed by atoms with Crippen molar-refractivity contribution in [2.45, 2.75) is 26.4 Å². The highest BCUT2D eigenvalue weighted by atomic mass is 16.5. The highest BCUT2D eigenvalue weighted by molar-refractivity contribution is 6.11. The summed E-state index contributed by atoms with van der Waals surface area (Å²) >= 11 is 0. The lowest BCUT2D eigenvalue weighted by molar-refractivity contribution is -0.121. The third-order valence-electron chi connectivity index (χ3n) is 4.41. The lowest BCUT2D eigenvalue weighted by atomic mass is 10.1. The fraction of sp³-hybridized carbons (Fsp3) is 0.200. The Morgan fingerprint density at radius 1 is 1.00 bits per heavy atom. The molecule has 5 nitrogen and oxygen atoms in total. The third-order valence-corrected chi connectivity index (χ3v) is 4.41. The molecule has 3 aromatic rings. The minimum Gasteiger partial charge on any atom is -0.496 e. The zero-order valence-electron chi connectivity index (χ0n) is 17.3. The van der Waals surface area contributed by atoms with Crippen LogP contribution in [0.15, 0.2) is 60.8 Å². The second kappa shape index (κ2) is 9.74. The van der Waals surface area contributed by atoms with Crippen LogP contribution in [0.1, 0.15) is 31.4 Å². The molecule has 0 unspecified atom stereocenters. The molecule has 0 saturated heterocycles. The molecule has 0 atom stereocenters. The molecule has 0 fully saturated rings. The quantitative estimate of drug-likeness (QED) is 0.393. The molecule has 0 amide bonds. The van der Waals surface area contributed by atoms with Gasteiger partial charge in [-0.2, -0.15) is 0 Å². The van der Waals surface area contributed by atoms with E-state index in [1.54, 1.807) is 25.3 Å². The number of hydrogen-bond donors (Lipinski definition) is 1. The maximum atomic E-state index is 12.2. The minimum absolute atomic E-state index is 0.0569. The van der Waals surface area contributed by atoms with Gasteiger partial charge in [0.25, 0.3) is 0 Å². The van der Waals surface area contributed by atoms with Gasteiger partial charge in [-0.1, -0.05) is 18.2 Å². The van der Waals surface area contributed by atoms with Crippen molar-refractivity contribution in [3.63, 3.8) is 0 Å². The first-order valence-electron chi connectivity index (χ1n) is 9.78. The summed E-state index contributed by atoms with van der Waals surface area (Å²) in [6.07, 6.45) is 7.95. The average Bonchev–Trinajstić information content (AvgIpc) is 3.18. The van der Waals surface area contributed by atoms with Crippen molar-refractivity contribution in [2.75, 3.05) is 7.11 Å². The van der Waals surface area contributed by atoms with Crippen molar-refractivity contribution in [2.24, 2.45) is 0 Å². The maximum Gasteiger partial charge on any atom is 0.163 e. The number of aromatic nitrogens is 1. The summed E-state index contributed by atoms with van der Waals surface area (Å²) in [5.74, 6) is 0.782. The number of carbonyl (C=O) groups excluding carboxylic acids is 2. The van der Waals surface area contributed by atoms with Crippen LogP contribution in [-0.2, 0) is 9.59 Å². The lowest BCUT2D eigenvalue weighted by Crippen LogP contribution is -2.05. The number of fused-ring (bicyclic) bond motifs is 1. The molecule has 1 aromatic heterocycles. The first kappa shape index (κ1) is 21.1. The number of hydrogen-bond acceptors (Lipinski definition) is 4. The summed E-state index contributed by atoms with van der Waals surface area (Å²) in [7, 11) is 1.56. The number of nitrogens with one attached hydrogen (secondary N) is 1. The predicted molar refractivity (Wildman–Crippen MR) is 120 cm³/mol. The van der Waals surface area contributed by atoms with E-state index in [1.165, 1.54) is 12.2 Å². The van der Waals surface area contributed by atoms with Crippen LogP contribution >= 0.6 is 0 Å². The molecule has 1 heterocycles. The molecule has 0 aliphatic heterocycles. The lowest BCUT2D eigenvalue weighted by Gasteiger charge is -2.12. The first-order valence-corrected chi connectivity index (χ1v) is 9.78. The predicted octanol–water partition coefficient (Wildman–Crippen LogP) is 5.22. The number of allylic oxidation sites excluding steroid dienone is 2. The van der Waals surface area contributed by atoms with Gasteiger partial charge in [0, 0.05) is 23.3 Å². The van der Waals surface area contributed by atoms with Gasteiger partial charge in [-0.25, -0.2) is 0 Å². The smallest absolute Gasteiger partial charge is 0.163 e. The molecule has 2 aromatic carbocycles. The summed E-state index contributed by atoms with van der Waals surface area (Å²) < 4.78 is 11.0. The van der Waals surface area contributed by atoms with Crippen LogP contribution in [0.2, 0.25) is 0 Å². The van der Waals surface area contributed by atoms with Gasteiger partial charge in [0.15, 0.2) is 11.6 Å². The van der Waals surface area contributed by atoms with Gasteiger partial charge in [-0.15, -0.1) is 0 Å². The molecular formula is C25H25NO4. The maximum absolute atomic E-state index is 12.2. The van der Waals surface area contributed by atoms with E-state index in [2.05, 4.69) is 4.98 Å². The molecule has 0 saturated carbocycles. The summed E-state index contributed by atoms with van der Waals surface area (Å²) in [6.45, 7) is 3.89. The number of ketones is 2. The highest BCUT2D eigenvalue weighted by Gasteiger charge is 2.07.